The van der Waals surface area contributed by atoms with E-state index in [1.807, 2.05) is 11.8 Å². The molecule has 3 aromatic rings. The summed E-state index contributed by atoms with van der Waals surface area (Å²) in [6.07, 6.45) is 4.96. The summed E-state index contributed by atoms with van der Waals surface area (Å²) in [5, 5.41) is 0. The number of esters is 2. The molecule has 0 saturated heterocycles. The van der Waals surface area contributed by atoms with E-state index in [1.54, 1.807) is 20.8 Å². The Hall–Kier alpha value is -3.50. The van der Waals surface area contributed by atoms with Crippen LogP contribution in [0.25, 0.3) is 11.1 Å². The van der Waals surface area contributed by atoms with Crippen molar-refractivity contribution in [3.05, 3.63) is 76.3 Å². The monoisotopic (exact) mass is 682 g/mol. The molecule has 0 aromatic heterocycles. The number of ether oxygens (including phenoxy) is 4. The lowest BCUT2D eigenvalue weighted by molar-refractivity contribution is -0.171. The fourth-order valence-corrected chi connectivity index (χ4v) is 7.42. The maximum atomic E-state index is 11.4. The van der Waals surface area contributed by atoms with Gasteiger partial charge in [-0.25, -0.2) is 8.42 Å². The first-order chi connectivity index (χ1) is 22.1. The summed E-state index contributed by atoms with van der Waals surface area (Å²) < 4.78 is 44.1. The second-order valence-electron chi connectivity index (χ2n) is 13.1. The van der Waals surface area contributed by atoms with Gasteiger partial charge in [-0.05, 0) is 124 Å². The fraction of sp³-hybridized carbons (Fsp3) is 0.459. The van der Waals surface area contributed by atoms with Gasteiger partial charge in [0.2, 0.25) is 6.79 Å². The first-order valence-corrected chi connectivity index (χ1v) is 18.9. The van der Waals surface area contributed by atoms with Crippen LogP contribution < -0.4 is 9.47 Å². The number of sulfone groups is 1. The Morgan fingerprint density at radius 1 is 0.957 bits per heavy atom. The molecule has 2 aliphatic rings. The van der Waals surface area contributed by atoms with Crippen molar-refractivity contribution in [2.75, 3.05) is 31.2 Å². The predicted octanol–water partition coefficient (Wildman–Crippen LogP) is 7.59. The standard InChI is InChI=1S/C29H32O4S2.C8H14O4/c1-19-16-23(32-13-5-15-35(3,30)31)17-20(2)29(19)26-7-4-6-25-24(26)10-11-27(25)33-22-9-8-21-12-14-34-28(21)18-22;1-6(9)11-5-12-7(10)8(2,3)4/h4,6-9,16-18,27H,5,10-15H2,1-3H3;5H2,1-4H3. The van der Waals surface area contributed by atoms with E-state index < -0.39 is 21.2 Å². The highest BCUT2D eigenvalue weighted by molar-refractivity contribution is 7.99. The van der Waals surface area contributed by atoms with Crippen LogP contribution in [-0.4, -0.2) is 51.5 Å². The number of fused-ring (bicyclic) bond motifs is 2. The number of rotatable bonds is 10. The SMILES string of the molecule is CC(=O)OCOC(=O)C(C)(C)C.Cc1cc(OCCCS(C)(=O)=O)cc(C)c1-c1cccc2c1CCC2Oc1ccc2c(c1)SCC2. The summed E-state index contributed by atoms with van der Waals surface area (Å²) in [6.45, 7) is 10.8. The smallest absolute Gasteiger partial charge is 0.314 e. The van der Waals surface area contributed by atoms with Gasteiger partial charge in [-0.2, -0.15) is 0 Å². The number of hydrogen-bond acceptors (Lipinski definition) is 9. The molecule has 0 radical (unpaired) electrons. The third-order valence-corrected chi connectivity index (χ3v) is 10.1. The lowest BCUT2D eigenvalue weighted by atomic mass is 9.90. The van der Waals surface area contributed by atoms with Crippen molar-refractivity contribution >= 4 is 33.5 Å². The zero-order valence-electron chi connectivity index (χ0n) is 28.4. The number of thioether (sulfide) groups is 1. The second kappa shape index (κ2) is 15.6. The van der Waals surface area contributed by atoms with Crippen molar-refractivity contribution in [3.63, 3.8) is 0 Å². The first-order valence-electron chi connectivity index (χ1n) is 15.9. The third-order valence-electron chi connectivity index (χ3n) is 7.93. The fourth-order valence-electron chi connectivity index (χ4n) is 5.68. The van der Waals surface area contributed by atoms with Gasteiger partial charge in [0.25, 0.3) is 0 Å². The molecule has 0 spiro atoms. The van der Waals surface area contributed by atoms with Crippen molar-refractivity contribution in [1.82, 2.24) is 0 Å². The van der Waals surface area contributed by atoms with Gasteiger partial charge in [0.05, 0.1) is 17.8 Å². The molecule has 1 heterocycles. The summed E-state index contributed by atoms with van der Waals surface area (Å²) in [6, 6.07) is 17.2. The van der Waals surface area contributed by atoms with E-state index in [9.17, 15) is 18.0 Å². The van der Waals surface area contributed by atoms with Crippen molar-refractivity contribution < 1.29 is 37.0 Å². The molecule has 10 heteroatoms. The van der Waals surface area contributed by atoms with Crippen molar-refractivity contribution in [2.45, 2.75) is 78.2 Å². The summed E-state index contributed by atoms with van der Waals surface area (Å²) in [4.78, 5) is 22.7. The minimum absolute atomic E-state index is 0.0764. The molecule has 1 aliphatic carbocycles. The van der Waals surface area contributed by atoms with E-state index in [2.05, 4.69) is 71.9 Å². The third kappa shape index (κ3) is 10.2. The zero-order chi connectivity index (χ0) is 34.4. The molecule has 0 N–H and O–H groups in total. The molecule has 47 heavy (non-hydrogen) atoms. The Balaban J connectivity index is 0.000000356. The average Bonchev–Trinajstić information content (AvgIpc) is 3.61. The molecule has 1 atom stereocenters. The van der Waals surface area contributed by atoms with E-state index in [-0.39, 0.29) is 24.6 Å². The summed E-state index contributed by atoms with van der Waals surface area (Å²) in [7, 11) is -2.96. The van der Waals surface area contributed by atoms with E-state index >= 15 is 0 Å². The molecular weight excluding hydrogens is 637 g/mol. The van der Waals surface area contributed by atoms with Gasteiger partial charge in [0.1, 0.15) is 27.4 Å². The summed E-state index contributed by atoms with van der Waals surface area (Å²) in [5.41, 5.74) is 8.40. The molecule has 0 fully saturated rings. The first kappa shape index (κ1) is 36.3. The Morgan fingerprint density at radius 2 is 1.68 bits per heavy atom. The second-order valence-corrected chi connectivity index (χ2v) is 16.5. The maximum absolute atomic E-state index is 11.4. The van der Waals surface area contributed by atoms with Gasteiger partial charge < -0.3 is 18.9 Å². The van der Waals surface area contributed by atoms with Crippen molar-refractivity contribution in [2.24, 2.45) is 5.41 Å². The topological polar surface area (TPSA) is 105 Å². The van der Waals surface area contributed by atoms with Gasteiger partial charge in [-0.1, -0.05) is 24.3 Å². The quantitative estimate of drug-likeness (QED) is 0.121. The average molecular weight is 683 g/mol. The molecule has 254 valence electrons. The molecule has 1 unspecified atom stereocenters. The minimum Gasteiger partial charge on any atom is -0.494 e. The number of carbonyl (C=O) groups is 2. The number of hydrogen-bond donors (Lipinski definition) is 0. The molecule has 3 aromatic carbocycles. The van der Waals surface area contributed by atoms with Gasteiger partial charge in [0, 0.05) is 23.8 Å². The van der Waals surface area contributed by atoms with Gasteiger partial charge in [0.15, 0.2) is 0 Å². The molecule has 0 bridgehead atoms. The summed E-state index contributed by atoms with van der Waals surface area (Å²) in [5.74, 6) is 2.22. The van der Waals surface area contributed by atoms with Gasteiger partial charge >= 0.3 is 11.9 Å². The van der Waals surface area contributed by atoms with E-state index in [4.69, 9.17) is 9.47 Å². The van der Waals surface area contributed by atoms with Crippen LogP contribution in [0.15, 0.2) is 53.4 Å². The summed E-state index contributed by atoms with van der Waals surface area (Å²) >= 11 is 1.92. The Morgan fingerprint density at radius 3 is 2.34 bits per heavy atom. The normalized spacial score (nSPS) is 15.2. The van der Waals surface area contributed by atoms with Gasteiger partial charge in [-0.3, -0.25) is 9.59 Å². The number of aryl methyl sites for hydroxylation is 3. The molecule has 8 nitrogen and oxygen atoms in total. The van der Waals surface area contributed by atoms with E-state index in [0.29, 0.717) is 13.0 Å². The Labute approximate surface area is 283 Å². The highest BCUT2D eigenvalue weighted by Gasteiger charge is 2.28. The molecule has 0 amide bonds. The van der Waals surface area contributed by atoms with Crippen LogP contribution in [0.1, 0.15) is 74.5 Å². The number of benzene rings is 3. The Bertz CT molecular complexity index is 1680. The van der Waals surface area contributed by atoms with Crippen LogP contribution >= 0.6 is 11.8 Å². The maximum Gasteiger partial charge on any atom is 0.314 e. The predicted molar refractivity (Wildman–Crippen MR) is 186 cm³/mol. The molecular formula is C37H46O8S2. The number of carbonyl (C=O) groups excluding carboxylic acids is 2. The lowest BCUT2D eigenvalue weighted by Crippen LogP contribution is -2.24. The largest absolute Gasteiger partial charge is 0.494 e. The van der Waals surface area contributed by atoms with Crippen LogP contribution in [-0.2, 0) is 41.7 Å². The van der Waals surface area contributed by atoms with E-state index in [0.717, 1.165) is 47.6 Å². The van der Waals surface area contributed by atoms with Crippen LogP contribution in [0.4, 0.5) is 0 Å². The van der Waals surface area contributed by atoms with Crippen molar-refractivity contribution in [3.8, 4) is 22.6 Å². The lowest BCUT2D eigenvalue weighted by Gasteiger charge is -2.18. The minimum atomic E-state index is -2.96. The van der Waals surface area contributed by atoms with Crippen molar-refractivity contribution in [1.29, 1.82) is 0 Å². The van der Waals surface area contributed by atoms with Crippen LogP contribution in [0, 0.1) is 19.3 Å². The highest BCUT2D eigenvalue weighted by atomic mass is 32.2. The molecule has 5 rings (SSSR count). The van der Waals surface area contributed by atoms with Crippen LogP contribution in [0.5, 0.6) is 11.5 Å². The molecule has 1 aliphatic heterocycles. The van der Waals surface area contributed by atoms with E-state index in [1.165, 1.54) is 45.9 Å². The van der Waals surface area contributed by atoms with Gasteiger partial charge in [-0.15, -0.1) is 11.8 Å². The zero-order valence-corrected chi connectivity index (χ0v) is 30.1. The highest BCUT2D eigenvalue weighted by Crippen LogP contribution is 2.43. The van der Waals surface area contributed by atoms with Crippen LogP contribution in [0.2, 0.25) is 0 Å². The Kier molecular flexibility index (Phi) is 12.1. The van der Waals surface area contributed by atoms with Crippen LogP contribution in [0.3, 0.4) is 0 Å². The molecule has 0 saturated carbocycles.